The fraction of sp³-hybridized carbons (Fsp3) is 0.333. The molecule has 0 saturated heterocycles. The Morgan fingerprint density at radius 1 is 1.46 bits per heavy atom. The van der Waals surface area contributed by atoms with Crippen LogP contribution >= 0.6 is 11.3 Å². The van der Waals surface area contributed by atoms with E-state index in [1.54, 1.807) is 17.5 Å². The minimum absolute atomic E-state index is 0.519. The number of rotatable bonds is 2. The number of nitrogens with zero attached hydrogens (tertiary/aromatic N) is 2. The summed E-state index contributed by atoms with van der Waals surface area (Å²) in [6.07, 6.45) is 1.75. The number of thiazole rings is 1. The first-order valence-corrected chi connectivity index (χ1v) is 5.10. The van der Waals surface area contributed by atoms with Gasteiger partial charge in [-0.1, -0.05) is 13.8 Å². The van der Waals surface area contributed by atoms with Gasteiger partial charge < -0.3 is 0 Å². The molecule has 0 spiro atoms. The molecular formula is C9H11N3S. The summed E-state index contributed by atoms with van der Waals surface area (Å²) in [6.45, 7) is 4.35. The van der Waals surface area contributed by atoms with Gasteiger partial charge in [0.05, 0.1) is 11.2 Å². The molecular weight excluding hydrogens is 182 g/mol. The third-order valence-corrected chi connectivity index (χ3v) is 3.00. The molecule has 2 aromatic heterocycles. The molecule has 2 rings (SSSR count). The summed E-state index contributed by atoms with van der Waals surface area (Å²) in [5, 5.41) is 6.85. The van der Waals surface area contributed by atoms with Crippen LogP contribution < -0.4 is 0 Å². The quantitative estimate of drug-likeness (QED) is 0.796. The highest BCUT2D eigenvalue weighted by atomic mass is 32.1. The molecule has 0 saturated carbocycles. The average Bonchev–Trinajstić information content (AvgIpc) is 2.74. The molecule has 0 aliphatic rings. The number of hydrogen-bond donors (Lipinski definition) is 1. The fourth-order valence-electron chi connectivity index (χ4n) is 1.25. The third-order valence-electron chi connectivity index (χ3n) is 1.88. The lowest BCUT2D eigenvalue weighted by atomic mass is 10.1. The Morgan fingerprint density at radius 2 is 2.31 bits per heavy atom. The first kappa shape index (κ1) is 8.44. The maximum Gasteiger partial charge on any atom is 0.102 e. The number of nitrogens with one attached hydrogen (secondary N) is 1. The number of hydrogen-bond acceptors (Lipinski definition) is 3. The molecule has 0 fully saturated rings. The molecule has 0 radical (unpaired) electrons. The summed E-state index contributed by atoms with van der Waals surface area (Å²) in [7, 11) is 0. The lowest BCUT2D eigenvalue weighted by Gasteiger charge is -2.02. The topological polar surface area (TPSA) is 41.6 Å². The minimum atomic E-state index is 0.519. The van der Waals surface area contributed by atoms with E-state index in [2.05, 4.69) is 29.0 Å². The zero-order chi connectivity index (χ0) is 9.26. The van der Waals surface area contributed by atoms with Crippen LogP contribution in [-0.2, 0) is 0 Å². The van der Waals surface area contributed by atoms with Gasteiger partial charge in [-0.25, -0.2) is 4.98 Å². The molecule has 2 aromatic rings. The van der Waals surface area contributed by atoms with E-state index in [0.29, 0.717) is 5.92 Å². The second kappa shape index (κ2) is 3.30. The van der Waals surface area contributed by atoms with Crippen molar-refractivity contribution >= 4 is 11.3 Å². The Labute approximate surface area is 80.8 Å². The van der Waals surface area contributed by atoms with Crippen molar-refractivity contribution in [3.05, 3.63) is 22.7 Å². The molecule has 0 atom stereocenters. The summed E-state index contributed by atoms with van der Waals surface area (Å²) in [6, 6.07) is 1.95. The molecule has 0 aromatic carbocycles. The summed E-state index contributed by atoms with van der Waals surface area (Å²) < 4.78 is 0. The minimum Gasteiger partial charge on any atom is -0.276 e. The molecule has 0 unspecified atom stereocenters. The first-order valence-electron chi connectivity index (χ1n) is 4.22. The Morgan fingerprint density at radius 3 is 2.92 bits per heavy atom. The van der Waals surface area contributed by atoms with Crippen molar-refractivity contribution in [2.75, 3.05) is 0 Å². The van der Waals surface area contributed by atoms with Gasteiger partial charge in [0.2, 0.25) is 0 Å². The van der Waals surface area contributed by atoms with E-state index < -0.39 is 0 Å². The lowest BCUT2D eigenvalue weighted by Crippen LogP contribution is -1.88. The normalized spacial score (nSPS) is 11.0. The molecule has 0 amide bonds. The van der Waals surface area contributed by atoms with E-state index in [1.807, 2.05) is 11.6 Å². The van der Waals surface area contributed by atoms with Crippen molar-refractivity contribution in [3.8, 4) is 11.4 Å². The molecule has 0 aliphatic heterocycles. The van der Waals surface area contributed by atoms with Gasteiger partial charge >= 0.3 is 0 Å². The maximum absolute atomic E-state index is 4.33. The Balaban J connectivity index is 2.46. The van der Waals surface area contributed by atoms with Crippen LogP contribution in [0.2, 0.25) is 0 Å². The van der Waals surface area contributed by atoms with E-state index in [0.717, 1.165) is 11.4 Å². The number of aromatic amines is 1. The maximum atomic E-state index is 4.33. The van der Waals surface area contributed by atoms with Crippen LogP contribution in [0.15, 0.2) is 17.8 Å². The van der Waals surface area contributed by atoms with Crippen molar-refractivity contribution < 1.29 is 0 Å². The Hall–Kier alpha value is -1.16. The molecule has 13 heavy (non-hydrogen) atoms. The van der Waals surface area contributed by atoms with E-state index >= 15 is 0 Å². The summed E-state index contributed by atoms with van der Waals surface area (Å²) >= 11 is 1.70. The monoisotopic (exact) mass is 193 g/mol. The van der Waals surface area contributed by atoms with Crippen LogP contribution in [0.4, 0.5) is 0 Å². The van der Waals surface area contributed by atoms with Crippen LogP contribution in [0.25, 0.3) is 11.4 Å². The van der Waals surface area contributed by atoms with Crippen molar-refractivity contribution in [3.63, 3.8) is 0 Å². The Bertz CT molecular complexity index is 375. The van der Waals surface area contributed by atoms with Crippen LogP contribution in [0.3, 0.4) is 0 Å². The van der Waals surface area contributed by atoms with Gasteiger partial charge in [0.15, 0.2) is 0 Å². The van der Waals surface area contributed by atoms with Crippen LogP contribution in [0, 0.1) is 0 Å². The summed E-state index contributed by atoms with van der Waals surface area (Å²) in [4.78, 5) is 5.64. The SMILES string of the molecule is CC(C)c1scnc1-c1ccn[nH]1. The highest BCUT2D eigenvalue weighted by Crippen LogP contribution is 2.29. The lowest BCUT2D eigenvalue weighted by molar-refractivity contribution is 0.886. The van der Waals surface area contributed by atoms with Gasteiger partial charge in [0.1, 0.15) is 5.69 Å². The average molecular weight is 193 g/mol. The first-order chi connectivity index (χ1) is 6.29. The van der Waals surface area contributed by atoms with Gasteiger partial charge in [-0.05, 0) is 12.0 Å². The standard InChI is InChI=1S/C9H11N3S/c1-6(2)9-8(10-5-13-9)7-3-4-11-12-7/h3-6H,1-2H3,(H,11,12). The zero-order valence-electron chi connectivity index (χ0n) is 7.61. The van der Waals surface area contributed by atoms with Crippen LogP contribution in [0.1, 0.15) is 24.6 Å². The highest BCUT2D eigenvalue weighted by Gasteiger charge is 2.12. The molecule has 3 nitrogen and oxygen atoms in total. The van der Waals surface area contributed by atoms with Crippen molar-refractivity contribution in [2.24, 2.45) is 0 Å². The Kier molecular flexibility index (Phi) is 2.14. The van der Waals surface area contributed by atoms with E-state index in [1.165, 1.54) is 4.88 Å². The van der Waals surface area contributed by atoms with Crippen LogP contribution in [0.5, 0.6) is 0 Å². The molecule has 0 aliphatic carbocycles. The van der Waals surface area contributed by atoms with Crippen molar-refractivity contribution in [2.45, 2.75) is 19.8 Å². The van der Waals surface area contributed by atoms with Gasteiger partial charge in [-0.2, -0.15) is 5.10 Å². The predicted octanol–water partition coefficient (Wildman–Crippen LogP) is 2.66. The summed E-state index contributed by atoms with van der Waals surface area (Å²) in [5.74, 6) is 0.519. The second-order valence-electron chi connectivity index (χ2n) is 3.19. The largest absolute Gasteiger partial charge is 0.276 e. The van der Waals surface area contributed by atoms with E-state index in [-0.39, 0.29) is 0 Å². The van der Waals surface area contributed by atoms with E-state index in [4.69, 9.17) is 0 Å². The molecule has 0 bridgehead atoms. The number of H-pyrrole nitrogens is 1. The number of aromatic nitrogens is 3. The molecule has 2 heterocycles. The van der Waals surface area contributed by atoms with Crippen molar-refractivity contribution in [1.29, 1.82) is 0 Å². The molecule has 4 heteroatoms. The third kappa shape index (κ3) is 1.49. The zero-order valence-corrected chi connectivity index (χ0v) is 8.43. The predicted molar refractivity (Wildman–Crippen MR) is 53.8 cm³/mol. The van der Waals surface area contributed by atoms with Crippen LogP contribution in [-0.4, -0.2) is 15.2 Å². The van der Waals surface area contributed by atoms with Gasteiger partial charge in [-0.15, -0.1) is 11.3 Å². The fourth-order valence-corrected chi connectivity index (χ4v) is 2.07. The smallest absolute Gasteiger partial charge is 0.102 e. The van der Waals surface area contributed by atoms with Crippen molar-refractivity contribution in [1.82, 2.24) is 15.2 Å². The van der Waals surface area contributed by atoms with Gasteiger partial charge in [-0.3, -0.25) is 5.10 Å². The van der Waals surface area contributed by atoms with Gasteiger partial charge in [0.25, 0.3) is 0 Å². The van der Waals surface area contributed by atoms with E-state index in [9.17, 15) is 0 Å². The second-order valence-corrected chi connectivity index (χ2v) is 4.08. The molecule has 68 valence electrons. The highest BCUT2D eigenvalue weighted by molar-refractivity contribution is 7.10. The summed E-state index contributed by atoms with van der Waals surface area (Å²) in [5.41, 5.74) is 3.92. The van der Waals surface area contributed by atoms with Gasteiger partial charge in [0, 0.05) is 11.1 Å². The molecule has 1 N–H and O–H groups in total.